The molecule has 118 valence electrons. The molecule has 0 aliphatic carbocycles. The number of nitrogens with one attached hydrogen (secondary N) is 2. The first-order valence-corrected chi connectivity index (χ1v) is 7.14. The number of thiocarbonyl (C=S) groups is 1. The number of hydrogen-bond acceptors (Lipinski definition) is 3. The van der Waals surface area contributed by atoms with Crippen LogP contribution in [0.15, 0.2) is 29.5 Å². The molecule has 0 fully saturated rings. The van der Waals surface area contributed by atoms with Gasteiger partial charge in [-0.3, -0.25) is 0 Å². The Morgan fingerprint density at radius 3 is 2.59 bits per heavy atom. The molecule has 0 radical (unpaired) electrons. The molecule has 1 heterocycles. The fourth-order valence-electron chi connectivity index (χ4n) is 2.18. The van der Waals surface area contributed by atoms with Crippen molar-refractivity contribution in [1.82, 2.24) is 10.6 Å². The van der Waals surface area contributed by atoms with Crippen LogP contribution >= 0.6 is 12.2 Å². The molecule has 0 bridgehead atoms. The van der Waals surface area contributed by atoms with E-state index in [1.165, 1.54) is 6.07 Å². The lowest BCUT2D eigenvalue weighted by Gasteiger charge is -2.30. The number of ether oxygens (including phenoxy) is 1. The summed E-state index contributed by atoms with van der Waals surface area (Å²) in [6, 6.07) is 2.75. The Kier molecular flexibility index (Phi) is 4.75. The highest BCUT2D eigenvalue weighted by atomic mass is 32.1. The number of halogens is 2. The van der Waals surface area contributed by atoms with E-state index in [2.05, 4.69) is 10.6 Å². The molecule has 1 aliphatic heterocycles. The highest BCUT2D eigenvalue weighted by molar-refractivity contribution is 7.80. The third kappa shape index (κ3) is 3.41. The molecule has 2 rings (SSSR count). The van der Waals surface area contributed by atoms with Gasteiger partial charge in [0.2, 0.25) is 0 Å². The van der Waals surface area contributed by atoms with Crippen LogP contribution in [0.25, 0.3) is 0 Å². The zero-order valence-electron chi connectivity index (χ0n) is 12.4. The Bertz CT molecular complexity index is 659. The molecule has 0 unspecified atom stereocenters. The molecule has 1 aliphatic rings. The van der Waals surface area contributed by atoms with Crippen molar-refractivity contribution in [3.63, 3.8) is 0 Å². The van der Waals surface area contributed by atoms with Crippen LogP contribution in [0.3, 0.4) is 0 Å². The number of benzene rings is 1. The molecule has 1 aromatic rings. The molecule has 0 aromatic heterocycles. The first-order valence-electron chi connectivity index (χ1n) is 6.73. The van der Waals surface area contributed by atoms with Crippen LogP contribution in [-0.4, -0.2) is 17.2 Å². The predicted octanol–water partition coefficient (Wildman–Crippen LogP) is 2.71. The molecule has 22 heavy (non-hydrogen) atoms. The van der Waals surface area contributed by atoms with E-state index in [-0.39, 0.29) is 11.7 Å². The van der Waals surface area contributed by atoms with Crippen molar-refractivity contribution in [2.24, 2.45) is 0 Å². The number of carbonyl (C=O) groups is 1. The molecule has 1 atom stereocenters. The average molecular weight is 326 g/mol. The van der Waals surface area contributed by atoms with Crippen LogP contribution in [0.4, 0.5) is 8.78 Å². The smallest absolute Gasteiger partial charge is 0.338 e. The number of esters is 1. The molecule has 7 heteroatoms. The Morgan fingerprint density at radius 1 is 1.32 bits per heavy atom. The standard InChI is InChI=1S/C15H16F2N2O2S/c1-7(2)21-14(20)12-8(3)18-15(22)19-13(12)9-4-5-10(16)11(17)6-9/h4-7,13H,1-3H3,(H2,18,19,22)/t13-/m1/s1. The number of hydrogen-bond donors (Lipinski definition) is 2. The van der Waals surface area contributed by atoms with E-state index in [0.29, 0.717) is 16.4 Å². The van der Waals surface area contributed by atoms with Gasteiger partial charge in [-0.25, -0.2) is 13.6 Å². The van der Waals surface area contributed by atoms with Crippen LogP contribution in [0.1, 0.15) is 32.4 Å². The highest BCUT2D eigenvalue weighted by Crippen LogP contribution is 2.28. The van der Waals surface area contributed by atoms with Gasteiger partial charge in [-0.15, -0.1) is 0 Å². The summed E-state index contributed by atoms with van der Waals surface area (Å²) in [5, 5.41) is 6.03. The monoisotopic (exact) mass is 326 g/mol. The van der Waals surface area contributed by atoms with Gasteiger partial charge in [-0.2, -0.15) is 0 Å². The molecular formula is C15H16F2N2O2S. The Hall–Kier alpha value is -2.02. The summed E-state index contributed by atoms with van der Waals surface area (Å²) >= 11 is 5.07. The van der Waals surface area contributed by atoms with Gasteiger partial charge in [0, 0.05) is 5.70 Å². The topological polar surface area (TPSA) is 50.4 Å². The van der Waals surface area contributed by atoms with Gasteiger partial charge in [-0.1, -0.05) is 6.07 Å². The lowest BCUT2D eigenvalue weighted by Crippen LogP contribution is -2.45. The summed E-state index contributed by atoms with van der Waals surface area (Å²) in [4.78, 5) is 12.3. The molecule has 1 aromatic carbocycles. The second-order valence-electron chi connectivity index (χ2n) is 5.20. The van der Waals surface area contributed by atoms with Gasteiger partial charge < -0.3 is 15.4 Å². The molecule has 0 spiro atoms. The van der Waals surface area contributed by atoms with Gasteiger partial charge in [0.25, 0.3) is 0 Å². The van der Waals surface area contributed by atoms with E-state index in [0.717, 1.165) is 12.1 Å². The van der Waals surface area contributed by atoms with Crippen molar-refractivity contribution in [2.75, 3.05) is 0 Å². The minimum absolute atomic E-state index is 0.285. The lowest BCUT2D eigenvalue weighted by molar-refractivity contribution is -0.143. The van der Waals surface area contributed by atoms with Gasteiger partial charge in [0.15, 0.2) is 16.7 Å². The first kappa shape index (κ1) is 16.4. The van der Waals surface area contributed by atoms with Gasteiger partial charge in [0.1, 0.15) is 0 Å². The Balaban J connectivity index is 2.45. The van der Waals surface area contributed by atoms with Crippen molar-refractivity contribution in [1.29, 1.82) is 0 Å². The largest absolute Gasteiger partial charge is 0.459 e. The summed E-state index contributed by atoms with van der Waals surface area (Å²) in [6.45, 7) is 5.14. The maximum Gasteiger partial charge on any atom is 0.338 e. The van der Waals surface area contributed by atoms with Crippen molar-refractivity contribution < 1.29 is 18.3 Å². The van der Waals surface area contributed by atoms with E-state index >= 15 is 0 Å². The van der Waals surface area contributed by atoms with E-state index in [4.69, 9.17) is 17.0 Å². The molecule has 0 amide bonds. The van der Waals surface area contributed by atoms with Crippen LogP contribution in [-0.2, 0) is 9.53 Å². The number of carbonyl (C=O) groups excluding carboxylic acids is 1. The predicted molar refractivity (Wildman–Crippen MR) is 81.9 cm³/mol. The van der Waals surface area contributed by atoms with E-state index < -0.39 is 23.6 Å². The van der Waals surface area contributed by atoms with Gasteiger partial charge in [0.05, 0.1) is 17.7 Å². The normalized spacial score (nSPS) is 18.1. The first-order chi connectivity index (χ1) is 10.3. The minimum atomic E-state index is -0.988. The van der Waals surface area contributed by atoms with Crippen LogP contribution in [0.5, 0.6) is 0 Å². The van der Waals surface area contributed by atoms with Gasteiger partial charge >= 0.3 is 5.97 Å². The van der Waals surface area contributed by atoms with Crippen molar-refractivity contribution in [2.45, 2.75) is 32.9 Å². The van der Waals surface area contributed by atoms with Crippen molar-refractivity contribution in [3.8, 4) is 0 Å². The molecular weight excluding hydrogens is 310 g/mol. The maximum atomic E-state index is 13.5. The summed E-state index contributed by atoms with van der Waals surface area (Å²) in [7, 11) is 0. The average Bonchev–Trinajstić information content (AvgIpc) is 2.39. The maximum absolute atomic E-state index is 13.5. The fraction of sp³-hybridized carbons (Fsp3) is 0.333. The molecule has 2 N–H and O–H groups in total. The van der Waals surface area contributed by atoms with Gasteiger partial charge in [-0.05, 0) is 50.7 Å². The Morgan fingerprint density at radius 2 is 2.00 bits per heavy atom. The Labute approximate surface area is 132 Å². The third-order valence-corrected chi connectivity index (χ3v) is 3.33. The molecule has 0 saturated carbocycles. The summed E-state index contributed by atoms with van der Waals surface area (Å²) < 4.78 is 31.8. The third-order valence-electron chi connectivity index (χ3n) is 3.11. The van der Waals surface area contributed by atoms with Crippen LogP contribution < -0.4 is 10.6 Å². The van der Waals surface area contributed by atoms with Crippen molar-refractivity contribution >= 4 is 23.3 Å². The minimum Gasteiger partial charge on any atom is -0.459 e. The zero-order valence-corrected chi connectivity index (χ0v) is 13.2. The summed E-state index contributed by atoms with van der Waals surface area (Å²) in [6.07, 6.45) is -0.299. The van der Waals surface area contributed by atoms with Crippen LogP contribution in [0.2, 0.25) is 0 Å². The number of allylic oxidation sites excluding steroid dienone is 1. The number of rotatable bonds is 3. The lowest BCUT2D eigenvalue weighted by atomic mass is 9.95. The summed E-state index contributed by atoms with van der Waals surface area (Å²) in [5.74, 6) is -2.48. The van der Waals surface area contributed by atoms with E-state index in [1.807, 2.05) is 0 Å². The second kappa shape index (κ2) is 6.39. The summed E-state index contributed by atoms with van der Waals surface area (Å²) in [5.41, 5.74) is 1.19. The van der Waals surface area contributed by atoms with Crippen molar-refractivity contribution in [3.05, 3.63) is 46.7 Å². The van der Waals surface area contributed by atoms with Crippen LogP contribution in [0, 0.1) is 11.6 Å². The molecule has 4 nitrogen and oxygen atoms in total. The highest BCUT2D eigenvalue weighted by Gasteiger charge is 2.31. The fourth-order valence-corrected chi connectivity index (χ4v) is 2.45. The SMILES string of the molecule is CC1=C(C(=O)OC(C)C)[C@@H](c2ccc(F)c(F)c2)NC(=S)N1. The zero-order chi connectivity index (χ0) is 16.4. The van der Waals surface area contributed by atoms with E-state index in [9.17, 15) is 13.6 Å². The van der Waals surface area contributed by atoms with E-state index in [1.54, 1.807) is 20.8 Å². The quantitative estimate of drug-likeness (QED) is 0.661. The second-order valence-corrected chi connectivity index (χ2v) is 5.61. The molecule has 0 saturated heterocycles.